The van der Waals surface area contributed by atoms with Crippen LogP contribution in [0, 0.1) is 11.6 Å². The Morgan fingerprint density at radius 3 is 2.17 bits per heavy atom. The highest BCUT2D eigenvalue weighted by Gasteiger charge is 2.06. The lowest BCUT2D eigenvalue weighted by Gasteiger charge is -2.01. The molecule has 0 heterocycles. The summed E-state index contributed by atoms with van der Waals surface area (Å²) in [5.74, 6) is -1.40. The van der Waals surface area contributed by atoms with E-state index in [1.54, 1.807) is 0 Å². The van der Waals surface area contributed by atoms with Crippen molar-refractivity contribution in [3.05, 3.63) is 41.5 Å². The van der Waals surface area contributed by atoms with Crippen LogP contribution in [0.1, 0.15) is 11.1 Å². The first kappa shape index (κ1) is 8.87. The number of rotatable bonds is 2. The first-order valence-corrected chi connectivity index (χ1v) is 3.40. The van der Waals surface area contributed by atoms with Crippen LogP contribution in [0.25, 0.3) is 6.08 Å². The average molecular weight is 170 g/mol. The zero-order valence-electron chi connectivity index (χ0n) is 6.35. The molecule has 0 atom stereocenters. The molecular formula is C9H8F2O. The summed E-state index contributed by atoms with van der Waals surface area (Å²) in [5.41, 5.74) is 0.0581. The van der Waals surface area contributed by atoms with Crippen LogP contribution in [0.4, 0.5) is 8.78 Å². The number of aliphatic hydroxyl groups is 1. The average Bonchev–Trinajstić information content (AvgIpc) is 2.03. The minimum Gasteiger partial charge on any atom is -0.392 e. The van der Waals surface area contributed by atoms with E-state index in [2.05, 4.69) is 6.58 Å². The molecule has 1 aromatic carbocycles. The number of hydrogen-bond acceptors (Lipinski definition) is 1. The lowest BCUT2D eigenvalue weighted by atomic mass is 10.1. The normalized spacial score (nSPS) is 9.92. The minimum absolute atomic E-state index is 0.160. The highest BCUT2D eigenvalue weighted by Crippen LogP contribution is 2.16. The Morgan fingerprint density at radius 2 is 1.83 bits per heavy atom. The van der Waals surface area contributed by atoms with E-state index in [9.17, 15) is 8.78 Å². The number of halogens is 2. The van der Waals surface area contributed by atoms with Crippen molar-refractivity contribution in [2.75, 3.05) is 0 Å². The Morgan fingerprint density at radius 1 is 1.33 bits per heavy atom. The van der Waals surface area contributed by atoms with Crippen LogP contribution in [0.15, 0.2) is 18.7 Å². The van der Waals surface area contributed by atoms with E-state index in [4.69, 9.17) is 5.11 Å². The summed E-state index contributed by atoms with van der Waals surface area (Å²) >= 11 is 0. The van der Waals surface area contributed by atoms with Gasteiger partial charge in [-0.3, -0.25) is 0 Å². The summed E-state index contributed by atoms with van der Waals surface area (Å²) in [4.78, 5) is 0. The van der Waals surface area contributed by atoms with Crippen molar-refractivity contribution in [1.29, 1.82) is 0 Å². The molecule has 0 aromatic heterocycles. The fourth-order valence-electron chi connectivity index (χ4n) is 0.923. The van der Waals surface area contributed by atoms with Crippen LogP contribution in [0.3, 0.4) is 0 Å². The number of aliphatic hydroxyl groups excluding tert-OH is 1. The molecule has 0 fully saturated rings. The summed E-state index contributed by atoms with van der Waals surface area (Å²) in [5, 5.41) is 8.59. The third-order valence-corrected chi connectivity index (χ3v) is 1.53. The van der Waals surface area contributed by atoms with Crippen molar-refractivity contribution >= 4 is 6.08 Å². The van der Waals surface area contributed by atoms with Gasteiger partial charge in [-0.15, -0.1) is 0 Å². The molecule has 1 rings (SSSR count). The fraction of sp³-hybridized carbons (Fsp3) is 0.111. The van der Waals surface area contributed by atoms with Gasteiger partial charge < -0.3 is 5.11 Å². The molecule has 0 aliphatic heterocycles. The van der Waals surface area contributed by atoms with Crippen LogP contribution < -0.4 is 0 Å². The molecule has 0 spiro atoms. The summed E-state index contributed by atoms with van der Waals surface area (Å²) in [6.07, 6.45) is 1.10. The second kappa shape index (κ2) is 3.45. The molecule has 1 aromatic rings. The van der Waals surface area contributed by atoms with Crippen molar-refractivity contribution in [2.45, 2.75) is 6.61 Å². The minimum atomic E-state index is -0.700. The molecule has 0 bridgehead atoms. The third-order valence-electron chi connectivity index (χ3n) is 1.53. The maximum absolute atomic E-state index is 12.9. The van der Waals surface area contributed by atoms with Gasteiger partial charge in [0.2, 0.25) is 0 Å². The number of hydrogen-bond donors (Lipinski definition) is 1. The fourth-order valence-corrected chi connectivity index (χ4v) is 0.923. The lowest BCUT2D eigenvalue weighted by Crippen LogP contribution is -1.93. The summed E-state index contributed by atoms with van der Waals surface area (Å²) in [6.45, 7) is 2.90. The molecule has 0 unspecified atom stereocenters. The van der Waals surface area contributed by atoms with Gasteiger partial charge in [-0.1, -0.05) is 12.7 Å². The summed E-state index contributed by atoms with van der Waals surface area (Å²) in [6, 6.07) is 2.17. The molecule has 0 aliphatic rings. The monoisotopic (exact) mass is 170 g/mol. The Labute approximate surface area is 69.0 Å². The van der Waals surface area contributed by atoms with Gasteiger partial charge in [-0.2, -0.15) is 0 Å². The molecule has 1 N–H and O–H groups in total. The maximum atomic E-state index is 12.9. The standard InChI is InChI=1S/C9H8F2O/c1-2-7-8(10)3-6(5-12)4-9(7)11/h2-4,12H,1,5H2. The van der Waals surface area contributed by atoms with Crippen molar-refractivity contribution in [2.24, 2.45) is 0 Å². The molecule has 0 aliphatic carbocycles. The van der Waals surface area contributed by atoms with Crippen molar-refractivity contribution in [3.63, 3.8) is 0 Å². The molecule has 3 heteroatoms. The third kappa shape index (κ3) is 1.51. The van der Waals surface area contributed by atoms with E-state index in [0.717, 1.165) is 18.2 Å². The highest BCUT2D eigenvalue weighted by atomic mass is 19.1. The molecule has 64 valence electrons. The second-order valence-electron chi connectivity index (χ2n) is 2.34. The predicted molar refractivity (Wildman–Crippen MR) is 42.4 cm³/mol. The molecule has 1 nitrogen and oxygen atoms in total. The molecule has 12 heavy (non-hydrogen) atoms. The van der Waals surface area contributed by atoms with Crippen molar-refractivity contribution in [1.82, 2.24) is 0 Å². The lowest BCUT2D eigenvalue weighted by molar-refractivity contribution is 0.280. The van der Waals surface area contributed by atoms with Crippen LogP contribution in [0.2, 0.25) is 0 Å². The highest BCUT2D eigenvalue weighted by molar-refractivity contribution is 5.49. The quantitative estimate of drug-likeness (QED) is 0.720. The zero-order valence-corrected chi connectivity index (χ0v) is 6.35. The Hall–Kier alpha value is -1.22. The van der Waals surface area contributed by atoms with Gasteiger partial charge in [0.15, 0.2) is 0 Å². The van der Waals surface area contributed by atoms with E-state index in [1.807, 2.05) is 0 Å². The van der Waals surface area contributed by atoms with Crippen LogP contribution >= 0.6 is 0 Å². The van der Waals surface area contributed by atoms with E-state index in [0.29, 0.717) is 0 Å². The molecular weight excluding hydrogens is 162 g/mol. The maximum Gasteiger partial charge on any atom is 0.133 e. The van der Waals surface area contributed by atoms with Gasteiger partial charge in [-0.25, -0.2) is 8.78 Å². The van der Waals surface area contributed by atoms with Crippen LogP contribution in [-0.2, 0) is 6.61 Å². The van der Waals surface area contributed by atoms with Gasteiger partial charge in [0.05, 0.1) is 6.61 Å². The van der Waals surface area contributed by atoms with Gasteiger partial charge >= 0.3 is 0 Å². The van der Waals surface area contributed by atoms with E-state index < -0.39 is 11.6 Å². The zero-order chi connectivity index (χ0) is 9.14. The Bertz CT molecular complexity index is 284. The summed E-state index contributed by atoms with van der Waals surface area (Å²) in [7, 11) is 0. The molecule has 0 saturated heterocycles. The van der Waals surface area contributed by atoms with E-state index in [1.165, 1.54) is 0 Å². The van der Waals surface area contributed by atoms with Gasteiger partial charge in [0.25, 0.3) is 0 Å². The Kier molecular flexibility index (Phi) is 2.55. The Balaban J connectivity index is 3.27. The topological polar surface area (TPSA) is 20.2 Å². The SMILES string of the molecule is C=Cc1c(F)cc(CO)cc1F. The molecule has 0 saturated carbocycles. The predicted octanol–water partition coefficient (Wildman–Crippen LogP) is 2.10. The first-order valence-electron chi connectivity index (χ1n) is 3.40. The smallest absolute Gasteiger partial charge is 0.133 e. The molecule has 0 radical (unpaired) electrons. The van der Waals surface area contributed by atoms with Gasteiger partial charge in [-0.05, 0) is 17.7 Å². The largest absolute Gasteiger partial charge is 0.392 e. The second-order valence-corrected chi connectivity index (χ2v) is 2.34. The number of benzene rings is 1. The summed E-state index contributed by atoms with van der Waals surface area (Å²) < 4.78 is 25.8. The first-order chi connectivity index (χ1) is 5.69. The van der Waals surface area contributed by atoms with Crippen molar-refractivity contribution < 1.29 is 13.9 Å². The van der Waals surface area contributed by atoms with Gasteiger partial charge in [0, 0.05) is 5.56 Å². The van der Waals surface area contributed by atoms with Gasteiger partial charge in [0.1, 0.15) is 11.6 Å². The van der Waals surface area contributed by atoms with Crippen molar-refractivity contribution in [3.8, 4) is 0 Å². The van der Waals surface area contributed by atoms with Crippen LogP contribution in [-0.4, -0.2) is 5.11 Å². The van der Waals surface area contributed by atoms with E-state index in [-0.39, 0.29) is 17.7 Å². The van der Waals surface area contributed by atoms with E-state index >= 15 is 0 Å². The molecule has 0 amide bonds. The van der Waals surface area contributed by atoms with Crippen LogP contribution in [0.5, 0.6) is 0 Å².